The van der Waals surface area contributed by atoms with E-state index in [0.29, 0.717) is 12.8 Å². The average molecular weight is 440 g/mol. The minimum absolute atomic E-state index is 0.00938. The molecule has 0 aliphatic carbocycles. The number of thioether (sulfide) groups is 1. The topological polar surface area (TPSA) is 121 Å². The Morgan fingerprint density at radius 2 is 1.73 bits per heavy atom. The minimum atomic E-state index is -1.09. The molecule has 0 aromatic heterocycles. The molecule has 0 aromatic rings. The van der Waals surface area contributed by atoms with Crippen LogP contribution in [0, 0.1) is 0 Å². The Kier molecular flexibility index (Phi) is 18.0. The standard InChI is InChI=1S/C23H37NO5S/c1-2-3-4-5-6-7-8-9-10-11-12-13-16-21(30-18-19(24)23(28)29)20(25)15-14-17-22(26)27/h6-7,9-13,16,19-21,25H,2-5,8,14-15,17-18,24H2,1H3,(H,26,27)(H,28,29)/b7-6-,10-9-,12-11+,16-13+/t19-,20+,21-/m1/s1. The average Bonchev–Trinajstić information content (AvgIpc) is 2.70. The van der Waals surface area contributed by atoms with Crippen molar-refractivity contribution in [2.45, 2.75) is 75.7 Å². The molecule has 0 bridgehead atoms. The predicted molar refractivity (Wildman–Crippen MR) is 125 cm³/mol. The van der Waals surface area contributed by atoms with E-state index in [2.05, 4.69) is 25.2 Å². The minimum Gasteiger partial charge on any atom is -0.481 e. The lowest BCUT2D eigenvalue weighted by Crippen LogP contribution is -2.34. The van der Waals surface area contributed by atoms with Gasteiger partial charge in [0.15, 0.2) is 0 Å². The quantitative estimate of drug-likeness (QED) is 0.143. The summed E-state index contributed by atoms with van der Waals surface area (Å²) in [5.41, 5.74) is 5.54. The van der Waals surface area contributed by atoms with E-state index >= 15 is 0 Å². The highest BCUT2D eigenvalue weighted by Gasteiger charge is 2.20. The third kappa shape index (κ3) is 17.1. The zero-order chi connectivity index (χ0) is 22.6. The monoisotopic (exact) mass is 439 g/mol. The summed E-state index contributed by atoms with van der Waals surface area (Å²) in [6.07, 6.45) is 21.3. The molecule has 0 aliphatic rings. The summed E-state index contributed by atoms with van der Waals surface area (Å²) in [7, 11) is 0. The molecule has 0 spiro atoms. The number of carboxylic acid groups (broad SMARTS) is 2. The Labute approximate surface area is 184 Å². The fraction of sp³-hybridized carbons (Fsp3) is 0.565. The van der Waals surface area contributed by atoms with Crippen molar-refractivity contribution in [3.63, 3.8) is 0 Å². The second-order valence-corrected chi connectivity index (χ2v) is 8.21. The van der Waals surface area contributed by atoms with Crippen LogP contribution in [0.5, 0.6) is 0 Å². The molecule has 0 unspecified atom stereocenters. The number of allylic oxidation sites excluding steroid dienone is 7. The molecule has 170 valence electrons. The third-order valence-electron chi connectivity index (χ3n) is 4.24. The van der Waals surface area contributed by atoms with Crippen molar-refractivity contribution in [3.05, 3.63) is 48.6 Å². The summed E-state index contributed by atoms with van der Waals surface area (Å²) in [5, 5.41) is 27.6. The molecule has 0 aromatic carbocycles. The number of nitrogens with two attached hydrogens (primary N) is 1. The largest absolute Gasteiger partial charge is 0.481 e. The van der Waals surface area contributed by atoms with E-state index in [1.807, 2.05) is 18.2 Å². The van der Waals surface area contributed by atoms with E-state index in [9.17, 15) is 14.7 Å². The second kappa shape index (κ2) is 19.2. The molecule has 0 aliphatic heterocycles. The Morgan fingerprint density at radius 1 is 1.00 bits per heavy atom. The van der Waals surface area contributed by atoms with Gasteiger partial charge in [0.2, 0.25) is 0 Å². The lowest BCUT2D eigenvalue weighted by Gasteiger charge is -2.20. The maximum Gasteiger partial charge on any atom is 0.321 e. The summed E-state index contributed by atoms with van der Waals surface area (Å²) in [4.78, 5) is 21.5. The highest BCUT2D eigenvalue weighted by molar-refractivity contribution is 8.00. The van der Waals surface area contributed by atoms with Gasteiger partial charge in [0, 0.05) is 17.4 Å². The number of aliphatic hydroxyl groups is 1. The number of carboxylic acids is 2. The van der Waals surface area contributed by atoms with Crippen molar-refractivity contribution in [3.8, 4) is 0 Å². The highest BCUT2D eigenvalue weighted by Crippen LogP contribution is 2.21. The third-order valence-corrected chi connectivity index (χ3v) is 5.65. The summed E-state index contributed by atoms with van der Waals surface area (Å²) in [5.74, 6) is -1.83. The molecular formula is C23H37NO5S. The van der Waals surface area contributed by atoms with Crippen molar-refractivity contribution in [2.24, 2.45) is 5.73 Å². The lowest BCUT2D eigenvalue weighted by atomic mass is 10.1. The van der Waals surface area contributed by atoms with Crippen LogP contribution < -0.4 is 5.73 Å². The normalized spacial score (nSPS) is 15.4. The molecule has 30 heavy (non-hydrogen) atoms. The first-order chi connectivity index (χ1) is 14.4. The predicted octanol–water partition coefficient (Wildman–Crippen LogP) is 4.31. The van der Waals surface area contributed by atoms with Gasteiger partial charge in [0.1, 0.15) is 6.04 Å². The second-order valence-electron chi connectivity index (χ2n) is 7.00. The number of hydrogen-bond acceptors (Lipinski definition) is 5. The molecule has 6 nitrogen and oxygen atoms in total. The summed E-state index contributed by atoms with van der Waals surface area (Å²) in [6.45, 7) is 2.19. The van der Waals surface area contributed by atoms with E-state index in [1.165, 1.54) is 31.0 Å². The first kappa shape index (κ1) is 28.2. The molecule has 0 rings (SSSR count). The van der Waals surface area contributed by atoms with Crippen LogP contribution >= 0.6 is 11.8 Å². The van der Waals surface area contributed by atoms with Gasteiger partial charge >= 0.3 is 11.9 Å². The number of rotatable bonds is 18. The van der Waals surface area contributed by atoms with E-state index in [4.69, 9.17) is 15.9 Å². The maximum absolute atomic E-state index is 10.9. The molecule has 0 saturated carbocycles. The number of aliphatic hydroxyl groups excluding tert-OH is 1. The van der Waals surface area contributed by atoms with Crippen LogP contribution in [0.15, 0.2) is 48.6 Å². The van der Waals surface area contributed by atoms with Gasteiger partial charge in [-0.25, -0.2) is 0 Å². The van der Waals surface area contributed by atoms with E-state index in [0.717, 1.165) is 12.8 Å². The van der Waals surface area contributed by atoms with Gasteiger partial charge in [-0.15, -0.1) is 11.8 Å². The number of aliphatic carboxylic acids is 2. The van der Waals surface area contributed by atoms with E-state index in [1.54, 1.807) is 12.2 Å². The Hall–Kier alpha value is -1.83. The van der Waals surface area contributed by atoms with Crippen molar-refractivity contribution < 1.29 is 24.9 Å². The van der Waals surface area contributed by atoms with Gasteiger partial charge < -0.3 is 21.1 Å². The Balaban J connectivity index is 4.51. The van der Waals surface area contributed by atoms with Gasteiger partial charge in [0.05, 0.1) is 6.10 Å². The smallest absolute Gasteiger partial charge is 0.321 e. The zero-order valence-electron chi connectivity index (χ0n) is 17.9. The molecule has 0 amide bonds. The molecule has 7 heteroatoms. The SMILES string of the molecule is CCCCC/C=C\C\C=C/C=C/C=C/[C@@H](SC[C@@H](N)C(=O)O)[C@@H](O)CCCC(=O)O. The zero-order valence-corrected chi connectivity index (χ0v) is 18.7. The van der Waals surface area contributed by atoms with Gasteiger partial charge in [-0.05, 0) is 32.1 Å². The Bertz CT molecular complexity index is 586. The molecular weight excluding hydrogens is 402 g/mol. The van der Waals surface area contributed by atoms with Crippen molar-refractivity contribution in [2.75, 3.05) is 5.75 Å². The van der Waals surface area contributed by atoms with Crippen LogP contribution in [-0.2, 0) is 9.59 Å². The fourth-order valence-electron chi connectivity index (χ4n) is 2.47. The molecule has 0 radical (unpaired) electrons. The number of hydrogen-bond donors (Lipinski definition) is 4. The van der Waals surface area contributed by atoms with Crippen LogP contribution in [0.3, 0.4) is 0 Å². The fourth-order valence-corrected chi connectivity index (χ4v) is 3.60. The molecule has 0 heterocycles. The molecule has 0 saturated heterocycles. The number of unbranched alkanes of at least 4 members (excludes halogenated alkanes) is 3. The summed E-state index contributed by atoms with van der Waals surface area (Å²) >= 11 is 1.26. The van der Waals surface area contributed by atoms with Crippen molar-refractivity contribution in [1.82, 2.24) is 0 Å². The van der Waals surface area contributed by atoms with E-state index in [-0.39, 0.29) is 17.4 Å². The van der Waals surface area contributed by atoms with Crippen LogP contribution in [0.2, 0.25) is 0 Å². The first-order valence-corrected chi connectivity index (χ1v) is 11.6. The van der Waals surface area contributed by atoms with Crippen LogP contribution in [0.1, 0.15) is 58.3 Å². The van der Waals surface area contributed by atoms with Crippen molar-refractivity contribution >= 4 is 23.7 Å². The van der Waals surface area contributed by atoms with Crippen LogP contribution in [0.4, 0.5) is 0 Å². The van der Waals surface area contributed by atoms with E-state index < -0.39 is 24.1 Å². The van der Waals surface area contributed by atoms with Gasteiger partial charge in [0.25, 0.3) is 0 Å². The van der Waals surface area contributed by atoms with Gasteiger partial charge in [-0.1, -0.05) is 68.4 Å². The summed E-state index contributed by atoms with van der Waals surface area (Å²) in [6, 6.07) is -1.01. The number of carbonyl (C=O) groups is 2. The van der Waals surface area contributed by atoms with Crippen LogP contribution in [-0.4, -0.2) is 50.4 Å². The maximum atomic E-state index is 10.9. The van der Waals surface area contributed by atoms with Gasteiger partial charge in [-0.2, -0.15) is 0 Å². The molecule has 5 N–H and O–H groups in total. The Morgan fingerprint density at radius 3 is 2.40 bits per heavy atom. The summed E-state index contributed by atoms with van der Waals surface area (Å²) < 4.78 is 0. The van der Waals surface area contributed by atoms with Gasteiger partial charge in [-0.3, -0.25) is 9.59 Å². The van der Waals surface area contributed by atoms with Crippen LogP contribution in [0.25, 0.3) is 0 Å². The van der Waals surface area contributed by atoms with Crippen molar-refractivity contribution in [1.29, 1.82) is 0 Å². The molecule has 3 atom stereocenters. The molecule has 0 fully saturated rings. The lowest BCUT2D eigenvalue weighted by molar-refractivity contribution is -0.138. The first-order valence-electron chi connectivity index (χ1n) is 10.5. The highest BCUT2D eigenvalue weighted by atomic mass is 32.2.